The van der Waals surface area contributed by atoms with E-state index < -0.39 is 0 Å². The lowest BCUT2D eigenvalue weighted by molar-refractivity contribution is -0.129. The maximum absolute atomic E-state index is 11.5. The van der Waals surface area contributed by atoms with E-state index in [-0.39, 0.29) is 12.0 Å². The first-order valence-corrected chi connectivity index (χ1v) is 5.24. The molecule has 0 spiro atoms. The maximum Gasteiger partial charge on any atom is 0.249 e. The van der Waals surface area contributed by atoms with E-state index in [0.29, 0.717) is 13.2 Å². The van der Waals surface area contributed by atoms with Gasteiger partial charge in [-0.3, -0.25) is 4.79 Å². The molecule has 0 unspecified atom stereocenters. The fourth-order valence-corrected chi connectivity index (χ4v) is 1.64. The van der Waals surface area contributed by atoms with Gasteiger partial charge < -0.3 is 15.0 Å². The molecule has 1 aliphatic heterocycles. The van der Waals surface area contributed by atoms with Gasteiger partial charge in [-0.2, -0.15) is 0 Å². The lowest BCUT2D eigenvalue weighted by Crippen LogP contribution is -2.35. The summed E-state index contributed by atoms with van der Waals surface area (Å²) >= 11 is 0. The van der Waals surface area contributed by atoms with Gasteiger partial charge in [-0.15, -0.1) is 0 Å². The first kappa shape index (κ1) is 10.2. The van der Waals surface area contributed by atoms with E-state index in [0.717, 1.165) is 25.1 Å². The quantitative estimate of drug-likeness (QED) is 0.746. The Labute approximate surface area is 88.2 Å². The number of amides is 1. The average Bonchev–Trinajstić information content (AvgIpc) is 2.90. The molecular formula is C10H15N3O2. The second kappa shape index (κ2) is 4.93. The fraction of sp³-hybridized carbons (Fsp3) is 0.600. The van der Waals surface area contributed by atoms with Crippen molar-refractivity contribution in [3.8, 4) is 0 Å². The Morgan fingerprint density at radius 3 is 3.33 bits per heavy atom. The van der Waals surface area contributed by atoms with Crippen LogP contribution >= 0.6 is 0 Å². The van der Waals surface area contributed by atoms with Gasteiger partial charge in [0.05, 0.1) is 0 Å². The lowest BCUT2D eigenvalue weighted by Gasteiger charge is -2.09. The lowest BCUT2D eigenvalue weighted by atomic mass is 10.2. The number of aromatic amines is 1. The van der Waals surface area contributed by atoms with Crippen molar-refractivity contribution in [2.75, 3.05) is 13.2 Å². The molecule has 82 valence electrons. The maximum atomic E-state index is 11.5. The Morgan fingerprint density at radius 1 is 1.73 bits per heavy atom. The molecule has 2 N–H and O–H groups in total. The van der Waals surface area contributed by atoms with Crippen LogP contribution in [0.2, 0.25) is 0 Å². The molecule has 1 saturated heterocycles. The number of nitrogens with one attached hydrogen (secondary N) is 2. The molecule has 5 heteroatoms. The van der Waals surface area contributed by atoms with Crippen LogP contribution in [0.5, 0.6) is 0 Å². The molecule has 1 amide bonds. The zero-order valence-electron chi connectivity index (χ0n) is 8.53. The van der Waals surface area contributed by atoms with Crippen LogP contribution in [0.15, 0.2) is 12.4 Å². The van der Waals surface area contributed by atoms with Crippen molar-refractivity contribution in [3.63, 3.8) is 0 Å². The standard InChI is InChI=1S/C10H15N3O2/c14-10(8-2-1-7-15-8)13-4-3-9-11-5-6-12-9/h5-6,8H,1-4,7H2,(H,11,12)(H,13,14)/t8-/m1/s1. The molecule has 0 radical (unpaired) electrons. The van der Waals surface area contributed by atoms with Crippen LogP contribution < -0.4 is 5.32 Å². The van der Waals surface area contributed by atoms with Crippen LogP contribution in [0.4, 0.5) is 0 Å². The van der Waals surface area contributed by atoms with E-state index in [1.807, 2.05) is 0 Å². The summed E-state index contributed by atoms with van der Waals surface area (Å²) in [7, 11) is 0. The third-order valence-corrected chi connectivity index (χ3v) is 2.44. The highest BCUT2D eigenvalue weighted by Crippen LogP contribution is 2.11. The van der Waals surface area contributed by atoms with Crippen molar-refractivity contribution in [2.45, 2.75) is 25.4 Å². The Balaban J connectivity index is 1.67. The molecule has 2 heterocycles. The minimum Gasteiger partial charge on any atom is -0.368 e. The van der Waals surface area contributed by atoms with Gasteiger partial charge in [0.2, 0.25) is 5.91 Å². The van der Waals surface area contributed by atoms with Gasteiger partial charge in [0.15, 0.2) is 0 Å². The number of hydrogen-bond acceptors (Lipinski definition) is 3. The van der Waals surface area contributed by atoms with Gasteiger partial charge in [-0.25, -0.2) is 4.98 Å². The zero-order valence-corrected chi connectivity index (χ0v) is 8.53. The molecule has 15 heavy (non-hydrogen) atoms. The number of H-pyrrole nitrogens is 1. The van der Waals surface area contributed by atoms with Crippen molar-refractivity contribution in [3.05, 3.63) is 18.2 Å². The van der Waals surface area contributed by atoms with Crippen LogP contribution in [0.3, 0.4) is 0 Å². The summed E-state index contributed by atoms with van der Waals surface area (Å²) in [4.78, 5) is 18.6. The molecule has 1 aliphatic rings. The van der Waals surface area contributed by atoms with E-state index in [4.69, 9.17) is 4.74 Å². The summed E-state index contributed by atoms with van der Waals surface area (Å²) in [5, 5.41) is 2.84. The monoisotopic (exact) mass is 209 g/mol. The van der Waals surface area contributed by atoms with Gasteiger partial charge in [0.25, 0.3) is 0 Å². The number of aromatic nitrogens is 2. The summed E-state index contributed by atoms with van der Waals surface area (Å²) in [6.07, 6.45) is 5.80. The first-order valence-electron chi connectivity index (χ1n) is 5.24. The van der Waals surface area contributed by atoms with Gasteiger partial charge in [-0.1, -0.05) is 0 Å². The third kappa shape index (κ3) is 2.79. The predicted molar refractivity (Wildman–Crippen MR) is 54.3 cm³/mol. The number of nitrogens with zero attached hydrogens (tertiary/aromatic N) is 1. The fourth-order valence-electron chi connectivity index (χ4n) is 1.64. The van der Waals surface area contributed by atoms with Crippen molar-refractivity contribution >= 4 is 5.91 Å². The third-order valence-electron chi connectivity index (χ3n) is 2.44. The first-order chi connectivity index (χ1) is 7.36. The minimum absolute atomic E-state index is 0.000874. The average molecular weight is 209 g/mol. The Bertz CT molecular complexity index is 304. The van der Waals surface area contributed by atoms with Crippen LogP contribution in [0, 0.1) is 0 Å². The smallest absolute Gasteiger partial charge is 0.249 e. The highest BCUT2D eigenvalue weighted by molar-refractivity contribution is 5.80. The molecule has 0 bridgehead atoms. The van der Waals surface area contributed by atoms with E-state index in [2.05, 4.69) is 15.3 Å². The Hall–Kier alpha value is -1.36. The summed E-state index contributed by atoms with van der Waals surface area (Å²) < 4.78 is 5.27. The molecule has 0 aliphatic carbocycles. The van der Waals surface area contributed by atoms with E-state index >= 15 is 0 Å². The molecule has 1 fully saturated rings. The molecular weight excluding hydrogens is 194 g/mol. The molecule has 2 rings (SSSR count). The molecule has 5 nitrogen and oxygen atoms in total. The van der Waals surface area contributed by atoms with Crippen LogP contribution in [-0.2, 0) is 16.0 Å². The van der Waals surface area contributed by atoms with Gasteiger partial charge >= 0.3 is 0 Å². The predicted octanol–water partition coefficient (Wildman–Crippen LogP) is 0.247. The molecule has 0 saturated carbocycles. The highest BCUT2D eigenvalue weighted by atomic mass is 16.5. The summed E-state index contributed by atoms with van der Waals surface area (Å²) in [5.74, 6) is 0.890. The van der Waals surface area contributed by atoms with Gasteiger partial charge in [0, 0.05) is 32.0 Å². The van der Waals surface area contributed by atoms with Crippen molar-refractivity contribution in [1.29, 1.82) is 0 Å². The largest absolute Gasteiger partial charge is 0.368 e. The van der Waals surface area contributed by atoms with Crippen molar-refractivity contribution < 1.29 is 9.53 Å². The normalized spacial score (nSPS) is 20.4. The van der Waals surface area contributed by atoms with Crippen molar-refractivity contribution in [2.24, 2.45) is 0 Å². The van der Waals surface area contributed by atoms with Crippen LogP contribution in [0.1, 0.15) is 18.7 Å². The van der Waals surface area contributed by atoms with Gasteiger partial charge in [0.1, 0.15) is 11.9 Å². The number of rotatable bonds is 4. The summed E-state index contributed by atoms with van der Waals surface area (Å²) in [6.45, 7) is 1.31. The second-order valence-electron chi connectivity index (χ2n) is 3.58. The Kier molecular flexibility index (Phi) is 3.34. The second-order valence-corrected chi connectivity index (χ2v) is 3.58. The van der Waals surface area contributed by atoms with Crippen LogP contribution in [-0.4, -0.2) is 35.1 Å². The number of carbonyl (C=O) groups is 1. The topological polar surface area (TPSA) is 67.0 Å². The molecule has 0 aromatic carbocycles. The SMILES string of the molecule is O=C(NCCc1ncc[nH]1)[C@H]1CCCO1. The summed E-state index contributed by atoms with van der Waals surface area (Å²) in [5.41, 5.74) is 0. The number of imidazole rings is 1. The van der Waals surface area contributed by atoms with E-state index in [1.54, 1.807) is 12.4 Å². The molecule has 1 aromatic heterocycles. The van der Waals surface area contributed by atoms with Crippen molar-refractivity contribution in [1.82, 2.24) is 15.3 Å². The molecule has 1 aromatic rings. The van der Waals surface area contributed by atoms with Crippen LogP contribution in [0.25, 0.3) is 0 Å². The van der Waals surface area contributed by atoms with E-state index in [9.17, 15) is 4.79 Å². The summed E-state index contributed by atoms with van der Waals surface area (Å²) in [6, 6.07) is 0. The molecule has 1 atom stereocenters. The van der Waals surface area contributed by atoms with Gasteiger partial charge in [-0.05, 0) is 12.8 Å². The minimum atomic E-state index is -0.235. The number of ether oxygens (including phenoxy) is 1. The highest BCUT2D eigenvalue weighted by Gasteiger charge is 2.22. The zero-order chi connectivity index (χ0) is 10.5. The van der Waals surface area contributed by atoms with E-state index in [1.165, 1.54) is 0 Å². The number of carbonyl (C=O) groups excluding carboxylic acids is 1. The number of hydrogen-bond donors (Lipinski definition) is 2. The Morgan fingerprint density at radius 2 is 2.67 bits per heavy atom.